The fraction of sp³-hybridized carbons (Fsp3) is 0.222. The van der Waals surface area contributed by atoms with E-state index < -0.39 is 0 Å². The second kappa shape index (κ2) is 5.89. The van der Waals surface area contributed by atoms with E-state index in [1.807, 2.05) is 43.3 Å². The zero-order valence-electron chi connectivity index (χ0n) is 13.0. The molecular weight excluding hydrogens is 292 g/mol. The van der Waals surface area contributed by atoms with Crippen LogP contribution in [0.25, 0.3) is 6.08 Å². The molecule has 0 atom stereocenters. The van der Waals surface area contributed by atoms with Crippen molar-refractivity contribution in [3.8, 4) is 0 Å². The van der Waals surface area contributed by atoms with Crippen LogP contribution in [0, 0.1) is 6.92 Å². The van der Waals surface area contributed by atoms with E-state index in [0.29, 0.717) is 5.57 Å². The maximum absolute atomic E-state index is 12.6. The van der Waals surface area contributed by atoms with Crippen LogP contribution < -0.4 is 5.01 Å². The number of anilines is 1. The first-order valence-electron chi connectivity index (χ1n) is 7.35. The zero-order chi connectivity index (χ0) is 15.7. The molecule has 0 radical (unpaired) electrons. The minimum absolute atomic E-state index is 0.0622. The lowest BCUT2D eigenvalue weighted by Gasteiger charge is -2.12. The number of amides is 1. The van der Waals surface area contributed by atoms with E-state index in [9.17, 15) is 4.79 Å². The van der Waals surface area contributed by atoms with Gasteiger partial charge in [0.2, 0.25) is 0 Å². The van der Waals surface area contributed by atoms with Crippen LogP contribution in [0.4, 0.5) is 5.69 Å². The number of hydrazone groups is 1. The Bertz CT molecular complexity index is 769. The third-order valence-corrected chi connectivity index (χ3v) is 4.65. The molecular formula is C18H18N2OS. The van der Waals surface area contributed by atoms with Crippen molar-refractivity contribution >= 4 is 34.7 Å². The Morgan fingerprint density at radius 3 is 2.45 bits per heavy atom. The molecule has 0 bridgehead atoms. The molecule has 1 aliphatic heterocycles. The van der Waals surface area contributed by atoms with Gasteiger partial charge in [-0.15, -0.1) is 11.3 Å². The number of carbonyl (C=O) groups is 1. The molecule has 0 saturated carbocycles. The van der Waals surface area contributed by atoms with Crippen molar-refractivity contribution in [1.82, 2.24) is 0 Å². The van der Waals surface area contributed by atoms with Crippen LogP contribution in [-0.4, -0.2) is 11.6 Å². The highest BCUT2D eigenvalue weighted by molar-refractivity contribution is 7.12. The van der Waals surface area contributed by atoms with Crippen molar-refractivity contribution in [1.29, 1.82) is 0 Å². The number of rotatable bonds is 3. The van der Waals surface area contributed by atoms with E-state index in [-0.39, 0.29) is 5.91 Å². The zero-order valence-corrected chi connectivity index (χ0v) is 13.8. The van der Waals surface area contributed by atoms with Crippen molar-refractivity contribution in [3.63, 3.8) is 0 Å². The minimum Gasteiger partial charge on any atom is -0.267 e. The first kappa shape index (κ1) is 14.7. The van der Waals surface area contributed by atoms with Crippen molar-refractivity contribution in [3.05, 3.63) is 57.3 Å². The number of hydrogen-bond donors (Lipinski definition) is 0. The van der Waals surface area contributed by atoms with Gasteiger partial charge in [-0.1, -0.05) is 19.1 Å². The summed E-state index contributed by atoms with van der Waals surface area (Å²) >= 11 is 1.68. The van der Waals surface area contributed by atoms with Crippen LogP contribution in [-0.2, 0) is 11.2 Å². The quantitative estimate of drug-likeness (QED) is 0.772. The number of carbonyl (C=O) groups excluding carboxylic acids is 1. The van der Waals surface area contributed by atoms with Gasteiger partial charge in [-0.25, -0.2) is 0 Å². The summed E-state index contributed by atoms with van der Waals surface area (Å²) in [6.45, 7) is 6.05. The molecule has 1 amide bonds. The molecule has 0 N–H and O–H groups in total. The molecule has 0 spiro atoms. The Morgan fingerprint density at radius 2 is 1.86 bits per heavy atom. The number of hydrogen-bond acceptors (Lipinski definition) is 3. The molecule has 0 saturated heterocycles. The molecule has 22 heavy (non-hydrogen) atoms. The van der Waals surface area contributed by atoms with Gasteiger partial charge in [-0.3, -0.25) is 4.79 Å². The van der Waals surface area contributed by atoms with E-state index in [1.165, 1.54) is 15.4 Å². The molecule has 1 aromatic carbocycles. The Hall–Kier alpha value is -2.20. The van der Waals surface area contributed by atoms with Gasteiger partial charge in [-0.05, 0) is 56.2 Å². The molecule has 2 aromatic rings. The highest BCUT2D eigenvalue weighted by atomic mass is 32.1. The van der Waals surface area contributed by atoms with Gasteiger partial charge in [0.05, 0.1) is 17.0 Å². The molecule has 112 valence electrons. The predicted octanol–water partition coefficient (Wildman–Crippen LogP) is 4.43. The van der Waals surface area contributed by atoms with Crippen molar-refractivity contribution in [2.45, 2.75) is 27.2 Å². The average Bonchev–Trinajstić information content (AvgIpc) is 3.06. The lowest BCUT2D eigenvalue weighted by Crippen LogP contribution is -2.21. The SMILES string of the molecule is CCc1ccc(N2N=C(C)/C(=C/c3ccc(C)s3)C2=O)cc1. The van der Waals surface area contributed by atoms with E-state index in [1.54, 1.807) is 11.3 Å². The molecule has 4 heteroatoms. The number of benzene rings is 1. The fourth-order valence-corrected chi connectivity index (χ4v) is 3.23. The standard InChI is InChI=1S/C18H18N2OS/c1-4-14-6-8-15(9-7-14)20-18(21)17(13(3)19-20)11-16-10-5-12(2)22-16/h5-11H,4H2,1-3H3/b17-11-. The minimum atomic E-state index is -0.0622. The average molecular weight is 310 g/mol. The molecule has 1 aliphatic rings. The Kier molecular flexibility index (Phi) is 3.94. The van der Waals surface area contributed by atoms with Crippen LogP contribution in [0.3, 0.4) is 0 Å². The third kappa shape index (κ3) is 2.74. The van der Waals surface area contributed by atoms with E-state index in [0.717, 1.165) is 22.7 Å². The van der Waals surface area contributed by atoms with Gasteiger partial charge >= 0.3 is 0 Å². The maximum atomic E-state index is 12.6. The van der Waals surface area contributed by atoms with Gasteiger partial charge < -0.3 is 0 Å². The Labute approximate surface area is 134 Å². The lowest BCUT2D eigenvalue weighted by atomic mass is 10.1. The van der Waals surface area contributed by atoms with E-state index >= 15 is 0 Å². The van der Waals surface area contributed by atoms with Gasteiger partial charge in [0.15, 0.2) is 0 Å². The topological polar surface area (TPSA) is 32.7 Å². The van der Waals surface area contributed by atoms with Gasteiger partial charge in [0.1, 0.15) is 0 Å². The molecule has 3 nitrogen and oxygen atoms in total. The van der Waals surface area contributed by atoms with Crippen LogP contribution in [0.1, 0.15) is 29.2 Å². The number of nitrogens with zero attached hydrogens (tertiary/aromatic N) is 2. The van der Waals surface area contributed by atoms with Gasteiger partial charge in [-0.2, -0.15) is 10.1 Å². The molecule has 2 heterocycles. The largest absolute Gasteiger partial charge is 0.280 e. The summed E-state index contributed by atoms with van der Waals surface area (Å²) in [7, 11) is 0. The summed E-state index contributed by atoms with van der Waals surface area (Å²) in [5, 5.41) is 5.90. The Morgan fingerprint density at radius 1 is 1.14 bits per heavy atom. The molecule has 0 fully saturated rings. The Balaban J connectivity index is 1.90. The summed E-state index contributed by atoms with van der Waals surface area (Å²) < 4.78 is 0. The van der Waals surface area contributed by atoms with Gasteiger partial charge in [0.25, 0.3) is 5.91 Å². The molecule has 3 rings (SSSR count). The summed E-state index contributed by atoms with van der Waals surface area (Å²) in [6, 6.07) is 12.1. The second-order valence-corrected chi connectivity index (χ2v) is 6.65. The normalized spacial score (nSPS) is 16.5. The summed E-state index contributed by atoms with van der Waals surface area (Å²) in [4.78, 5) is 14.9. The fourth-order valence-electron chi connectivity index (χ4n) is 2.41. The predicted molar refractivity (Wildman–Crippen MR) is 93.4 cm³/mol. The third-order valence-electron chi connectivity index (χ3n) is 3.70. The van der Waals surface area contributed by atoms with Gasteiger partial charge in [0, 0.05) is 9.75 Å². The number of aryl methyl sites for hydroxylation is 2. The van der Waals surface area contributed by atoms with Crippen LogP contribution >= 0.6 is 11.3 Å². The first-order chi connectivity index (χ1) is 10.6. The first-order valence-corrected chi connectivity index (χ1v) is 8.17. The van der Waals surface area contributed by atoms with Crippen molar-refractivity contribution in [2.24, 2.45) is 5.10 Å². The van der Waals surface area contributed by atoms with Crippen molar-refractivity contribution in [2.75, 3.05) is 5.01 Å². The van der Waals surface area contributed by atoms with E-state index in [4.69, 9.17) is 0 Å². The van der Waals surface area contributed by atoms with Crippen LogP contribution in [0.15, 0.2) is 47.1 Å². The van der Waals surface area contributed by atoms with Crippen LogP contribution in [0.5, 0.6) is 0 Å². The second-order valence-electron chi connectivity index (χ2n) is 5.33. The number of thiophene rings is 1. The monoisotopic (exact) mass is 310 g/mol. The summed E-state index contributed by atoms with van der Waals surface area (Å²) in [5.41, 5.74) is 3.49. The summed E-state index contributed by atoms with van der Waals surface area (Å²) in [5.74, 6) is -0.0622. The smallest absolute Gasteiger partial charge is 0.267 e. The van der Waals surface area contributed by atoms with E-state index in [2.05, 4.69) is 25.0 Å². The lowest BCUT2D eigenvalue weighted by molar-refractivity contribution is -0.114. The molecule has 1 aromatic heterocycles. The molecule has 0 unspecified atom stereocenters. The maximum Gasteiger partial charge on any atom is 0.280 e. The van der Waals surface area contributed by atoms with Crippen molar-refractivity contribution < 1.29 is 4.79 Å². The molecule has 0 aliphatic carbocycles. The summed E-state index contributed by atoms with van der Waals surface area (Å²) in [6.07, 6.45) is 2.92. The highest BCUT2D eigenvalue weighted by Gasteiger charge is 2.28. The van der Waals surface area contributed by atoms with Crippen LogP contribution in [0.2, 0.25) is 0 Å². The highest BCUT2D eigenvalue weighted by Crippen LogP contribution is 2.27.